The third kappa shape index (κ3) is 6.88. The van der Waals surface area contributed by atoms with Crippen molar-refractivity contribution in [1.29, 1.82) is 0 Å². The molecule has 0 bridgehead atoms. The second-order valence-electron chi connectivity index (χ2n) is 8.69. The number of ether oxygens (including phenoxy) is 2. The van der Waals surface area contributed by atoms with Gasteiger partial charge in [0, 0.05) is 23.6 Å². The van der Waals surface area contributed by atoms with Crippen LogP contribution < -0.4 is 20.2 Å². The van der Waals surface area contributed by atoms with Gasteiger partial charge in [-0.2, -0.15) is 4.99 Å². The highest BCUT2D eigenvalue weighted by Gasteiger charge is 2.25. The highest BCUT2D eigenvalue weighted by atomic mass is 35.5. The fourth-order valence-corrected chi connectivity index (χ4v) is 5.27. The number of aromatic nitrogens is 1. The number of esters is 1. The van der Waals surface area contributed by atoms with E-state index in [1.807, 2.05) is 0 Å². The van der Waals surface area contributed by atoms with E-state index in [1.165, 1.54) is 24.5 Å². The van der Waals surface area contributed by atoms with E-state index >= 15 is 0 Å². The molecule has 1 saturated carbocycles. The molecule has 2 heterocycles. The van der Waals surface area contributed by atoms with Gasteiger partial charge in [-0.05, 0) is 44.8 Å². The summed E-state index contributed by atoms with van der Waals surface area (Å²) < 4.78 is 12.5. The average Bonchev–Trinajstić information content (AvgIpc) is 3.56. The molecule has 1 aromatic carbocycles. The van der Waals surface area contributed by atoms with Gasteiger partial charge in [0.2, 0.25) is 5.91 Å². The van der Waals surface area contributed by atoms with Crippen molar-refractivity contribution in [3.8, 4) is 5.75 Å². The molecule has 2 aliphatic rings. The minimum atomic E-state index is -0.557. The fraction of sp³-hybridized carbons (Fsp3) is 0.500. The van der Waals surface area contributed by atoms with Gasteiger partial charge in [0.05, 0.1) is 29.3 Å². The molecule has 0 atom stereocenters. The van der Waals surface area contributed by atoms with E-state index in [0.29, 0.717) is 10.5 Å². The van der Waals surface area contributed by atoms with Crippen LogP contribution in [-0.4, -0.2) is 42.6 Å². The molecule has 12 heteroatoms. The van der Waals surface area contributed by atoms with Crippen LogP contribution in [0.1, 0.15) is 48.9 Å². The zero-order chi connectivity index (χ0) is 24.8. The molecule has 2 fully saturated rings. The molecule has 1 aliphatic heterocycles. The summed E-state index contributed by atoms with van der Waals surface area (Å²) in [5.74, 6) is -0.758. The summed E-state index contributed by atoms with van der Waals surface area (Å²) in [6, 6.07) is 2.99. The minimum absolute atomic E-state index is 0. The topological polar surface area (TPSA) is 111 Å². The number of piperidine rings is 1. The number of anilines is 1. The van der Waals surface area contributed by atoms with Crippen molar-refractivity contribution < 1.29 is 23.9 Å². The second kappa shape index (κ2) is 13.2. The van der Waals surface area contributed by atoms with Crippen molar-refractivity contribution >= 4 is 58.8 Å². The summed E-state index contributed by atoms with van der Waals surface area (Å²) >= 11 is 7.64. The standard InChI is InChI=1S/C24H29ClN4O5S.ClH/c1-33-20-13-19(27-21(30)15-4-2-3-5-15)18(25)12-17(20)22(31)28-24-29(10-11-35-24)14-34-23(32)16-6-8-26-9-7-16;/h10-13,15-16,26H,2-9,14H2,1H3,(H,27,30);1H. The van der Waals surface area contributed by atoms with Crippen molar-refractivity contribution in [3.63, 3.8) is 0 Å². The molecule has 196 valence electrons. The van der Waals surface area contributed by atoms with Gasteiger partial charge in [-0.15, -0.1) is 23.7 Å². The Labute approximate surface area is 224 Å². The smallest absolute Gasteiger partial charge is 0.310 e. The molecule has 0 spiro atoms. The Morgan fingerprint density at radius 1 is 1.17 bits per heavy atom. The van der Waals surface area contributed by atoms with Crippen molar-refractivity contribution in [3.05, 3.63) is 39.1 Å². The number of hydrogen-bond donors (Lipinski definition) is 2. The maximum Gasteiger partial charge on any atom is 0.310 e. The first kappa shape index (κ1) is 28.2. The van der Waals surface area contributed by atoms with Gasteiger partial charge in [0.15, 0.2) is 11.5 Å². The molecule has 1 aliphatic carbocycles. The molecule has 1 aromatic heterocycles. The molecule has 36 heavy (non-hydrogen) atoms. The number of hydrogen-bond acceptors (Lipinski definition) is 7. The summed E-state index contributed by atoms with van der Waals surface area (Å²) in [4.78, 5) is 42.4. The van der Waals surface area contributed by atoms with Gasteiger partial charge in [-0.25, -0.2) is 0 Å². The van der Waals surface area contributed by atoms with Crippen LogP contribution in [0.3, 0.4) is 0 Å². The Kier molecular flexibility index (Phi) is 10.4. The van der Waals surface area contributed by atoms with Gasteiger partial charge in [-0.1, -0.05) is 24.4 Å². The van der Waals surface area contributed by atoms with Crippen molar-refractivity contribution in [1.82, 2.24) is 9.88 Å². The van der Waals surface area contributed by atoms with E-state index in [-0.39, 0.29) is 59.2 Å². The number of benzene rings is 1. The Morgan fingerprint density at radius 2 is 1.89 bits per heavy atom. The number of carbonyl (C=O) groups excluding carboxylic acids is 3. The molecule has 0 radical (unpaired) electrons. The summed E-state index contributed by atoms with van der Waals surface area (Å²) in [6.07, 6.45) is 7.03. The van der Waals surface area contributed by atoms with Crippen LogP contribution in [0.4, 0.5) is 5.69 Å². The Hall–Kier alpha value is -2.40. The second-order valence-corrected chi connectivity index (χ2v) is 9.97. The van der Waals surface area contributed by atoms with E-state index in [4.69, 9.17) is 21.1 Å². The number of amides is 2. The Morgan fingerprint density at radius 3 is 2.58 bits per heavy atom. The van der Waals surface area contributed by atoms with Crippen LogP contribution >= 0.6 is 35.3 Å². The van der Waals surface area contributed by atoms with Crippen molar-refractivity contribution in [2.75, 3.05) is 25.5 Å². The van der Waals surface area contributed by atoms with E-state index in [2.05, 4.69) is 15.6 Å². The maximum absolute atomic E-state index is 13.0. The van der Waals surface area contributed by atoms with E-state index < -0.39 is 5.91 Å². The van der Waals surface area contributed by atoms with Crippen LogP contribution in [0.5, 0.6) is 5.75 Å². The SMILES string of the molecule is COc1cc(NC(=O)C2CCCC2)c(Cl)cc1C(=O)N=c1sccn1COC(=O)C1CCNCC1.Cl. The highest BCUT2D eigenvalue weighted by molar-refractivity contribution is 7.07. The van der Waals surface area contributed by atoms with Gasteiger partial charge < -0.3 is 20.1 Å². The van der Waals surface area contributed by atoms with Crippen molar-refractivity contribution in [2.24, 2.45) is 16.8 Å². The lowest BCUT2D eigenvalue weighted by molar-refractivity contribution is -0.153. The zero-order valence-corrected chi connectivity index (χ0v) is 22.3. The number of rotatable bonds is 7. The van der Waals surface area contributed by atoms with Crippen LogP contribution in [0.25, 0.3) is 0 Å². The fourth-order valence-electron chi connectivity index (χ4n) is 4.35. The van der Waals surface area contributed by atoms with Crippen LogP contribution in [0.15, 0.2) is 28.7 Å². The van der Waals surface area contributed by atoms with Gasteiger partial charge in [0.1, 0.15) is 5.75 Å². The minimum Gasteiger partial charge on any atom is -0.496 e. The number of carbonyl (C=O) groups is 3. The lowest BCUT2D eigenvalue weighted by Crippen LogP contribution is -2.33. The zero-order valence-electron chi connectivity index (χ0n) is 20.0. The molecular formula is C24H30Cl2N4O5S. The predicted octanol–water partition coefficient (Wildman–Crippen LogP) is 4.00. The largest absolute Gasteiger partial charge is 0.496 e. The summed E-state index contributed by atoms with van der Waals surface area (Å²) in [5.41, 5.74) is 0.566. The molecule has 2 N–H and O–H groups in total. The molecule has 2 amide bonds. The quantitative estimate of drug-likeness (QED) is 0.498. The summed E-state index contributed by atoms with van der Waals surface area (Å²) in [5, 5.41) is 8.06. The highest BCUT2D eigenvalue weighted by Crippen LogP contribution is 2.33. The monoisotopic (exact) mass is 556 g/mol. The van der Waals surface area contributed by atoms with Crippen molar-refractivity contribution in [2.45, 2.75) is 45.3 Å². The number of nitrogens with zero attached hydrogens (tertiary/aromatic N) is 2. The van der Waals surface area contributed by atoms with Gasteiger partial charge in [0.25, 0.3) is 5.91 Å². The number of nitrogens with one attached hydrogen (secondary N) is 2. The first-order valence-corrected chi connectivity index (χ1v) is 13.0. The lowest BCUT2D eigenvalue weighted by atomic mass is 9.99. The molecule has 9 nitrogen and oxygen atoms in total. The van der Waals surface area contributed by atoms with Gasteiger partial charge in [-0.3, -0.25) is 19.0 Å². The molecule has 1 saturated heterocycles. The summed E-state index contributed by atoms with van der Waals surface area (Å²) in [7, 11) is 1.44. The third-order valence-corrected chi connectivity index (χ3v) is 7.49. The molecule has 4 rings (SSSR count). The number of halogens is 2. The third-order valence-electron chi connectivity index (χ3n) is 6.38. The Balaban J connectivity index is 0.00000361. The van der Waals surface area contributed by atoms with E-state index in [9.17, 15) is 14.4 Å². The summed E-state index contributed by atoms with van der Waals surface area (Å²) in [6.45, 7) is 1.57. The molecular weight excluding hydrogens is 527 g/mol. The first-order chi connectivity index (χ1) is 17.0. The van der Waals surface area contributed by atoms with Crippen LogP contribution in [0, 0.1) is 11.8 Å². The predicted molar refractivity (Wildman–Crippen MR) is 140 cm³/mol. The molecule has 0 unspecified atom stereocenters. The van der Waals surface area contributed by atoms with Gasteiger partial charge >= 0.3 is 5.97 Å². The van der Waals surface area contributed by atoms with E-state index in [0.717, 1.165) is 51.6 Å². The van der Waals surface area contributed by atoms with Crippen LogP contribution in [-0.2, 0) is 21.1 Å². The first-order valence-electron chi connectivity index (χ1n) is 11.7. The van der Waals surface area contributed by atoms with E-state index in [1.54, 1.807) is 22.2 Å². The lowest BCUT2D eigenvalue weighted by Gasteiger charge is -2.20. The normalized spacial score (nSPS) is 16.9. The Bertz CT molecular complexity index is 1150. The number of methoxy groups -OCH3 is 1. The number of thiazole rings is 1. The van der Waals surface area contributed by atoms with Crippen LogP contribution in [0.2, 0.25) is 5.02 Å². The average molecular weight is 558 g/mol. The molecule has 2 aromatic rings. The maximum atomic E-state index is 13.0.